The maximum absolute atomic E-state index is 13.4. The van der Waals surface area contributed by atoms with E-state index in [4.69, 9.17) is 0 Å². The molecule has 0 bridgehead atoms. The number of alkyl halides is 6. The monoisotopic (exact) mass is 502 g/mol. The van der Waals surface area contributed by atoms with Crippen LogP contribution in [0.25, 0.3) is 0 Å². The molecule has 3 rings (SSSR count). The van der Waals surface area contributed by atoms with Crippen LogP contribution in [0, 0.1) is 19.3 Å². The fourth-order valence-corrected chi connectivity index (χ4v) is 4.32. The largest absolute Gasteiger partial charge is 0.416 e. The molecule has 2 aromatic rings. The van der Waals surface area contributed by atoms with Crippen LogP contribution in [-0.2, 0) is 21.9 Å². The van der Waals surface area contributed by atoms with Crippen molar-refractivity contribution < 1.29 is 41.0 Å². The third-order valence-electron chi connectivity index (χ3n) is 6.34. The zero-order valence-electron chi connectivity index (χ0n) is 19.4. The van der Waals surface area contributed by atoms with E-state index in [1.807, 2.05) is 0 Å². The van der Waals surface area contributed by atoms with Crippen molar-refractivity contribution in [1.82, 2.24) is 0 Å². The van der Waals surface area contributed by atoms with Crippen molar-refractivity contribution in [3.63, 3.8) is 0 Å². The van der Waals surface area contributed by atoms with Gasteiger partial charge in [0, 0.05) is 24.3 Å². The van der Waals surface area contributed by atoms with Gasteiger partial charge in [-0.1, -0.05) is 18.2 Å². The van der Waals surface area contributed by atoms with Gasteiger partial charge < -0.3 is 15.3 Å². The summed E-state index contributed by atoms with van der Waals surface area (Å²) in [5.74, 6) is -1.58. The van der Waals surface area contributed by atoms with Crippen LogP contribution >= 0.6 is 0 Å². The molecule has 1 saturated heterocycles. The molecule has 1 heterocycles. The molecule has 0 aromatic heterocycles. The predicted octanol–water partition coefficient (Wildman–Crippen LogP) is 5.47. The molecule has 11 heteroatoms. The molecule has 1 unspecified atom stereocenters. The Balaban J connectivity index is 2.05. The summed E-state index contributed by atoms with van der Waals surface area (Å²) in [4.78, 5) is 27.7. The molecule has 1 aliphatic heterocycles. The Kier molecular flexibility index (Phi) is 6.47. The second-order valence-electron chi connectivity index (χ2n) is 9.29. The number of hydrogen-bond acceptors (Lipinski definition) is 3. The number of nitrogens with one attached hydrogen (secondary N) is 1. The molecule has 1 aliphatic rings. The molecular weight excluding hydrogens is 478 g/mol. The van der Waals surface area contributed by atoms with Crippen LogP contribution in [0.2, 0.25) is 0 Å². The zero-order chi connectivity index (χ0) is 26.6. The molecule has 2 aromatic carbocycles. The standard InChI is InChI=1S/C24H24F6N2O3/c1-13-6-5-7-14(2)19(13)32-12-22(11-18(32)33,21(3,4)35)20(34)31-17-9-15(23(25,26)27)8-16(10-17)24(28,29)30/h5-10,35H,11-12H2,1-4H3,(H,31,34). The highest BCUT2D eigenvalue weighted by atomic mass is 19.4. The SMILES string of the molecule is Cc1cccc(C)c1N1CC(C(=O)Nc2cc(C(F)(F)F)cc(C(F)(F)F)c2)(C(C)(C)O)CC1=O. The molecule has 2 amide bonds. The number of halogens is 6. The predicted molar refractivity (Wildman–Crippen MR) is 117 cm³/mol. The highest BCUT2D eigenvalue weighted by molar-refractivity contribution is 6.07. The second kappa shape index (κ2) is 8.54. The van der Waals surface area contributed by atoms with Crippen LogP contribution in [0.1, 0.15) is 42.5 Å². The van der Waals surface area contributed by atoms with Gasteiger partial charge in [0.15, 0.2) is 0 Å². The Bertz CT molecular complexity index is 1110. The van der Waals surface area contributed by atoms with Crippen LogP contribution in [0.4, 0.5) is 37.7 Å². The number of para-hydroxylation sites is 1. The van der Waals surface area contributed by atoms with Gasteiger partial charge in [-0.3, -0.25) is 9.59 Å². The lowest BCUT2D eigenvalue weighted by atomic mass is 9.72. The van der Waals surface area contributed by atoms with E-state index < -0.39 is 58.4 Å². The van der Waals surface area contributed by atoms with Crippen molar-refractivity contribution in [3.8, 4) is 0 Å². The van der Waals surface area contributed by atoms with Gasteiger partial charge in [0.25, 0.3) is 0 Å². The Hall–Kier alpha value is -3.08. The number of rotatable bonds is 4. The fraction of sp³-hybridized carbons (Fsp3) is 0.417. The van der Waals surface area contributed by atoms with Gasteiger partial charge in [-0.15, -0.1) is 0 Å². The van der Waals surface area contributed by atoms with Crippen molar-refractivity contribution in [2.24, 2.45) is 5.41 Å². The lowest BCUT2D eigenvalue weighted by Crippen LogP contribution is -2.53. The van der Waals surface area contributed by atoms with Crippen molar-refractivity contribution in [2.75, 3.05) is 16.8 Å². The molecule has 5 nitrogen and oxygen atoms in total. The average molecular weight is 502 g/mol. The van der Waals surface area contributed by atoms with Gasteiger partial charge in [0.1, 0.15) is 5.41 Å². The van der Waals surface area contributed by atoms with E-state index in [-0.39, 0.29) is 12.6 Å². The van der Waals surface area contributed by atoms with Crippen molar-refractivity contribution in [1.29, 1.82) is 0 Å². The maximum Gasteiger partial charge on any atom is 0.416 e. The van der Waals surface area contributed by atoms with Crippen LogP contribution in [0.15, 0.2) is 36.4 Å². The first kappa shape index (κ1) is 26.5. The number of benzene rings is 2. The lowest BCUT2D eigenvalue weighted by Gasteiger charge is -2.38. The Morgan fingerprint density at radius 3 is 1.89 bits per heavy atom. The van der Waals surface area contributed by atoms with E-state index >= 15 is 0 Å². The highest BCUT2D eigenvalue weighted by Gasteiger charge is 2.58. The van der Waals surface area contributed by atoms with Gasteiger partial charge in [0.05, 0.1) is 16.7 Å². The van der Waals surface area contributed by atoms with E-state index in [2.05, 4.69) is 5.32 Å². The molecule has 0 radical (unpaired) electrons. The number of aryl methyl sites for hydroxylation is 2. The third-order valence-corrected chi connectivity index (χ3v) is 6.34. The first-order valence-corrected chi connectivity index (χ1v) is 10.6. The fourth-order valence-electron chi connectivity index (χ4n) is 4.32. The topological polar surface area (TPSA) is 69.6 Å². The highest BCUT2D eigenvalue weighted by Crippen LogP contribution is 2.45. The first-order valence-electron chi connectivity index (χ1n) is 10.6. The molecule has 0 spiro atoms. The summed E-state index contributed by atoms with van der Waals surface area (Å²) in [6.07, 6.45) is -10.7. The van der Waals surface area contributed by atoms with Gasteiger partial charge in [-0.25, -0.2) is 0 Å². The second-order valence-corrected chi connectivity index (χ2v) is 9.29. The summed E-state index contributed by atoms with van der Waals surface area (Å²) >= 11 is 0. The lowest BCUT2D eigenvalue weighted by molar-refractivity contribution is -0.143. The van der Waals surface area contributed by atoms with E-state index in [1.54, 1.807) is 32.0 Å². The van der Waals surface area contributed by atoms with E-state index in [0.29, 0.717) is 17.8 Å². The van der Waals surface area contributed by atoms with Gasteiger partial charge in [-0.2, -0.15) is 26.3 Å². The Morgan fingerprint density at radius 1 is 0.971 bits per heavy atom. The van der Waals surface area contributed by atoms with Gasteiger partial charge in [0.2, 0.25) is 11.8 Å². The summed E-state index contributed by atoms with van der Waals surface area (Å²) in [7, 11) is 0. The summed E-state index contributed by atoms with van der Waals surface area (Å²) in [6, 6.07) is 5.98. The van der Waals surface area contributed by atoms with E-state index in [1.165, 1.54) is 18.7 Å². The molecule has 0 aliphatic carbocycles. The van der Waals surface area contributed by atoms with Crippen molar-refractivity contribution in [3.05, 3.63) is 58.7 Å². The summed E-state index contributed by atoms with van der Waals surface area (Å²) < 4.78 is 79.4. The van der Waals surface area contributed by atoms with E-state index in [9.17, 15) is 41.0 Å². The molecular formula is C24H24F6N2O3. The molecule has 1 fully saturated rings. The number of carbonyl (C=O) groups is 2. The molecule has 1 atom stereocenters. The van der Waals surface area contributed by atoms with Crippen LogP contribution in [0.3, 0.4) is 0 Å². The summed E-state index contributed by atoms with van der Waals surface area (Å²) in [5, 5.41) is 13.0. The van der Waals surface area contributed by atoms with Crippen LogP contribution < -0.4 is 10.2 Å². The van der Waals surface area contributed by atoms with E-state index in [0.717, 1.165) is 11.1 Å². The number of aliphatic hydroxyl groups is 1. The Morgan fingerprint density at radius 2 is 1.46 bits per heavy atom. The molecule has 0 saturated carbocycles. The number of hydrogen-bond donors (Lipinski definition) is 2. The van der Waals surface area contributed by atoms with Crippen molar-refractivity contribution in [2.45, 2.75) is 52.1 Å². The number of anilines is 2. The number of carbonyl (C=O) groups excluding carboxylic acids is 2. The van der Waals surface area contributed by atoms with Crippen LogP contribution in [-0.4, -0.2) is 29.1 Å². The first-order chi connectivity index (χ1) is 15.9. The quantitative estimate of drug-likeness (QED) is 0.545. The Labute approximate surface area is 197 Å². The van der Waals surface area contributed by atoms with Crippen molar-refractivity contribution >= 4 is 23.2 Å². The third kappa shape index (κ3) is 5.00. The summed E-state index contributed by atoms with van der Waals surface area (Å²) in [6.45, 7) is 5.71. The smallest absolute Gasteiger partial charge is 0.389 e. The minimum Gasteiger partial charge on any atom is -0.389 e. The minimum atomic E-state index is -5.10. The molecule has 190 valence electrons. The van der Waals surface area contributed by atoms with Gasteiger partial charge >= 0.3 is 12.4 Å². The molecule has 35 heavy (non-hydrogen) atoms. The van der Waals surface area contributed by atoms with Crippen LogP contribution in [0.5, 0.6) is 0 Å². The number of nitrogens with zero attached hydrogens (tertiary/aromatic N) is 1. The maximum atomic E-state index is 13.4. The normalized spacial score (nSPS) is 19.3. The van der Waals surface area contributed by atoms with Gasteiger partial charge in [-0.05, 0) is 57.0 Å². The minimum absolute atomic E-state index is 0.0524. The molecule has 2 N–H and O–H groups in total. The average Bonchev–Trinajstić information content (AvgIpc) is 3.05. The zero-order valence-corrected chi connectivity index (χ0v) is 19.4. The number of amides is 2. The summed E-state index contributed by atoms with van der Waals surface area (Å²) in [5.41, 5.74) is -5.69.